The van der Waals surface area contributed by atoms with Crippen LogP contribution in [0.4, 0.5) is 0 Å². The SMILES string of the molecule is CCOc1nc(O)ccc1[C@H]1CC[C@@H](OC[C@@H]2NCC[C@@H]2NS(C)(=O)=O)CC1. The Balaban J connectivity index is 1.50. The van der Waals surface area contributed by atoms with E-state index in [0.717, 1.165) is 44.2 Å². The summed E-state index contributed by atoms with van der Waals surface area (Å²) in [4.78, 5) is 4.12. The van der Waals surface area contributed by atoms with Crippen molar-refractivity contribution < 1.29 is 23.0 Å². The molecule has 2 heterocycles. The van der Waals surface area contributed by atoms with Crippen molar-refractivity contribution in [3.05, 3.63) is 17.7 Å². The molecule has 1 aromatic heterocycles. The molecule has 2 aliphatic rings. The van der Waals surface area contributed by atoms with Crippen molar-refractivity contribution in [2.75, 3.05) is 26.0 Å². The number of nitrogens with one attached hydrogen (secondary N) is 2. The van der Waals surface area contributed by atoms with Crippen LogP contribution < -0.4 is 14.8 Å². The lowest BCUT2D eigenvalue weighted by atomic mass is 9.83. The van der Waals surface area contributed by atoms with Crippen LogP contribution in [-0.4, -0.2) is 62.7 Å². The highest BCUT2D eigenvalue weighted by Crippen LogP contribution is 2.38. The second-order valence-electron chi connectivity index (χ2n) is 7.65. The fourth-order valence-corrected chi connectivity index (χ4v) is 4.98. The topological polar surface area (TPSA) is 110 Å². The molecule has 0 amide bonds. The Labute approximate surface area is 167 Å². The van der Waals surface area contributed by atoms with Gasteiger partial charge in [-0.3, -0.25) is 0 Å². The Bertz CT molecular complexity index is 750. The molecule has 1 saturated carbocycles. The molecule has 0 aromatic carbocycles. The second-order valence-corrected chi connectivity index (χ2v) is 9.43. The summed E-state index contributed by atoms with van der Waals surface area (Å²) in [5.74, 6) is 0.848. The maximum Gasteiger partial charge on any atom is 0.220 e. The van der Waals surface area contributed by atoms with E-state index in [4.69, 9.17) is 9.47 Å². The standard InChI is InChI=1S/C19H31N3O5S/c1-3-26-19-15(8-9-18(23)21-19)13-4-6-14(7-5-13)27-12-17-16(10-11-20-17)22-28(2,24)25/h8-9,13-14,16-17,20,22H,3-7,10-12H2,1-2H3,(H,21,23)/t13-,14+,16-,17-/m0/s1. The summed E-state index contributed by atoms with van der Waals surface area (Å²) in [5.41, 5.74) is 1.05. The number of hydrogen-bond acceptors (Lipinski definition) is 7. The molecule has 158 valence electrons. The maximum absolute atomic E-state index is 11.5. The largest absolute Gasteiger partial charge is 0.493 e. The Morgan fingerprint density at radius 1 is 1.25 bits per heavy atom. The van der Waals surface area contributed by atoms with Crippen LogP contribution in [0.25, 0.3) is 0 Å². The monoisotopic (exact) mass is 413 g/mol. The molecule has 3 rings (SSSR count). The lowest BCUT2D eigenvalue weighted by Gasteiger charge is -2.31. The van der Waals surface area contributed by atoms with Crippen molar-refractivity contribution in [3.63, 3.8) is 0 Å². The average molecular weight is 414 g/mol. The van der Waals surface area contributed by atoms with Crippen LogP contribution >= 0.6 is 0 Å². The fraction of sp³-hybridized carbons (Fsp3) is 0.737. The first-order valence-corrected chi connectivity index (χ1v) is 11.9. The van der Waals surface area contributed by atoms with Gasteiger partial charge in [0.1, 0.15) is 0 Å². The van der Waals surface area contributed by atoms with E-state index in [0.29, 0.717) is 25.0 Å². The van der Waals surface area contributed by atoms with Gasteiger partial charge in [-0.15, -0.1) is 0 Å². The summed E-state index contributed by atoms with van der Waals surface area (Å²) >= 11 is 0. The molecule has 0 radical (unpaired) electrons. The van der Waals surface area contributed by atoms with E-state index in [-0.39, 0.29) is 24.1 Å². The number of aromatic nitrogens is 1. The summed E-state index contributed by atoms with van der Waals surface area (Å²) in [7, 11) is -3.21. The number of aromatic hydroxyl groups is 1. The highest BCUT2D eigenvalue weighted by Gasteiger charge is 2.31. The van der Waals surface area contributed by atoms with Crippen molar-refractivity contribution in [3.8, 4) is 11.8 Å². The van der Waals surface area contributed by atoms with Crippen molar-refractivity contribution in [1.29, 1.82) is 0 Å². The zero-order valence-electron chi connectivity index (χ0n) is 16.6. The highest BCUT2D eigenvalue weighted by molar-refractivity contribution is 7.88. The number of rotatable bonds is 8. The first kappa shape index (κ1) is 21.3. The Morgan fingerprint density at radius 3 is 2.68 bits per heavy atom. The van der Waals surface area contributed by atoms with Crippen LogP contribution in [0, 0.1) is 0 Å². The van der Waals surface area contributed by atoms with Gasteiger partial charge in [-0.2, -0.15) is 4.98 Å². The van der Waals surface area contributed by atoms with E-state index >= 15 is 0 Å². The Hall–Kier alpha value is -1.42. The first-order chi connectivity index (χ1) is 13.4. The van der Waals surface area contributed by atoms with Crippen LogP contribution in [-0.2, 0) is 14.8 Å². The van der Waals surface area contributed by atoms with E-state index in [1.807, 2.05) is 13.0 Å². The molecule has 1 aliphatic carbocycles. The zero-order chi connectivity index (χ0) is 20.1. The molecule has 1 saturated heterocycles. The maximum atomic E-state index is 11.5. The third-order valence-electron chi connectivity index (χ3n) is 5.49. The van der Waals surface area contributed by atoms with Gasteiger partial charge in [0, 0.05) is 23.7 Å². The molecule has 8 nitrogen and oxygen atoms in total. The predicted octanol–water partition coefficient (Wildman–Crippen LogP) is 1.51. The molecule has 2 atom stereocenters. The number of nitrogens with zero attached hydrogens (tertiary/aromatic N) is 1. The molecular weight excluding hydrogens is 382 g/mol. The molecule has 1 aliphatic heterocycles. The van der Waals surface area contributed by atoms with E-state index in [1.165, 1.54) is 6.26 Å². The quantitative estimate of drug-likeness (QED) is 0.592. The summed E-state index contributed by atoms with van der Waals surface area (Å²) in [6, 6.07) is 3.42. The van der Waals surface area contributed by atoms with Gasteiger partial charge >= 0.3 is 0 Å². The molecule has 0 unspecified atom stereocenters. The average Bonchev–Trinajstić information content (AvgIpc) is 3.06. The summed E-state index contributed by atoms with van der Waals surface area (Å²) in [6.45, 7) is 3.72. The van der Waals surface area contributed by atoms with Gasteiger partial charge < -0.3 is 19.9 Å². The van der Waals surface area contributed by atoms with Crippen molar-refractivity contribution >= 4 is 10.0 Å². The molecule has 0 spiro atoms. The minimum atomic E-state index is -3.21. The van der Waals surface area contributed by atoms with Crippen LogP contribution in [0.3, 0.4) is 0 Å². The molecule has 3 N–H and O–H groups in total. The molecule has 0 bridgehead atoms. The number of sulfonamides is 1. The van der Waals surface area contributed by atoms with Crippen LogP contribution in [0.1, 0.15) is 50.5 Å². The summed E-state index contributed by atoms with van der Waals surface area (Å²) < 4.78 is 37.4. The summed E-state index contributed by atoms with van der Waals surface area (Å²) in [5, 5.41) is 12.9. The lowest BCUT2D eigenvalue weighted by molar-refractivity contribution is 0.0124. The third kappa shape index (κ3) is 5.79. The van der Waals surface area contributed by atoms with E-state index in [9.17, 15) is 13.5 Å². The zero-order valence-corrected chi connectivity index (χ0v) is 17.4. The van der Waals surface area contributed by atoms with Gasteiger partial charge in [0.2, 0.25) is 21.8 Å². The molecule has 9 heteroatoms. The van der Waals surface area contributed by atoms with E-state index in [1.54, 1.807) is 6.07 Å². The fourth-order valence-electron chi connectivity index (χ4n) is 4.14. The second kappa shape index (κ2) is 9.39. The smallest absolute Gasteiger partial charge is 0.220 e. The van der Waals surface area contributed by atoms with Gasteiger partial charge in [0.25, 0.3) is 0 Å². The van der Waals surface area contributed by atoms with Gasteiger partial charge in [-0.05, 0) is 57.6 Å². The predicted molar refractivity (Wildman–Crippen MR) is 106 cm³/mol. The third-order valence-corrected chi connectivity index (χ3v) is 6.23. The summed E-state index contributed by atoms with van der Waals surface area (Å²) in [6.07, 6.45) is 5.97. The minimum Gasteiger partial charge on any atom is -0.493 e. The lowest BCUT2D eigenvalue weighted by Crippen LogP contribution is -2.46. The highest BCUT2D eigenvalue weighted by atomic mass is 32.2. The molecule has 1 aromatic rings. The number of ether oxygens (including phenoxy) is 2. The van der Waals surface area contributed by atoms with Gasteiger partial charge in [0.15, 0.2) is 0 Å². The van der Waals surface area contributed by atoms with Crippen LogP contribution in [0.15, 0.2) is 12.1 Å². The molecule has 28 heavy (non-hydrogen) atoms. The van der Waals surface area contributed by atoms with Gasteiger partial charge in [-0.1, -0.05) is 0 Å². The van der Waals surface area contributed by atoms with Crippen molar-refractivity contribution in [1.82, 2.24) is 15.0 Å². The Morgan fingerprint density at radius 2 is 2.00 bits per heavy atom. The molecule has 2 fully saturated rings. The molecular formula is C19H31N3O5S. The van der Waals surface area contributed by atoms with Crippen LogP contribution in [0.2, 0.25) is 0 Å². The van der Waals surface area contributed by atoms with Crippen LogP contribution in [0.5, 0.6) is 11.8 Å². The van der Waals surface area contributed by atoms with Gasteiger partial charge in [0.05, 0.1) is 25.6 Å². The minimum absolute atomic E-state index is 0.0123. The van der Waals surface area contributed by atoms with E-state index in [2.05, 4.69) is 15.0 Å². The van der Waals surface area contributed by atoms with Crippen molar-refractivity contribution in [2.45, 2.75) is 63.1 Å². The first-order valence-electron chi connectivity index (χ1n) is 10.0. The van der Waals surface area contributed by atoms with Crippen molar-refractivity contribution in [2.24, 2.45) is 0 Å². The normalized spacial score (nSPS) is 28.4. The number of pyridine rings is 1. The van der Waals surface area contributed by atoms with Gasteiger partial charge in [-0.25, -0.2) is 13.1 Å². The van der Waals surface area contributed by atoms with E-state index < -0.39 is 10.0 Å². The Kier molecular flexibility index (Phi) is 7.14. The number of hydrogen-bond donors (Lipinski definition) is 3.